The maximum atomic E-state index is 11.2. The third kappa shape index (κ3) is 2.29. The van der Waals surface area contributed by atoms with E-state index in [1.54, 1.807) is 6.07 Å². The topological polar surface area (TPSA) is 134 Å². The molecule has 0 spiro atoms. The van der Waals surface area contributed by atoms with Crippen LogP contribution in [0.2, 0.25) is 0 Å². The van der Waals surface area contributed by atoms with Crippen LogP contribution < -0.4 is 11.3 Å². The zero-order chi connectivity index (χ0) is 13.8. The predicted octanol–water partition coefficient (Wildman–Crippen LogP) is -0.129. The minimum absolute atomic E-state index is 0.0500. The second kappa shape index (κ2) is 5.04. The van der Waals surface area contributed by atoms with E-state index in [0.717, 1.165) is 0 Å². The lowest BCUT2D eigenvalue weighted by molar-refractivity contribution is 0.0924. The molecule has 0 saturated carbocycles. The highest BCUT2D eigenvalue weighted by atomic mass is 16.4. The van der Waals surface area contributed by atoms with E-state index in [4.69, 9.17) is 20.8 Å². The van der Waals surface area contributed by atoms with Gasteiger partial charge in [-0.05, 0) is 12.1 Å². The van der Waals surface area contributed by atoms with Gasteiger partial charge < -0.3 is 8.98 Å². The molecule has 1 amide bonds. The van der Waals surface area contributed by atoms with Gasteiger partial charge in [0.2, 0.25) is 0 Å². The number of nitriles is 2. The monoisotopic (exact) mass is 256 g/mol. The van der Waals surface area contributed by atoms with E-state index in [9.17, 15) is 4.79 Å². The Morgan fingerprint density at radius 1 is 1.47 bits per heavy atom. The van der Waals surface area contributed by atoms with Gasteiger partial charge in [-0.2, -0.15) is 10.5 Å². The normalized spacial score (nSPS) is 9.63. The van der Waals surface area contributed by atoms with Gasteiger partial charge >= 0.3 is 5.91 Å². The summed E-state index contributed by atoms with van der Waals surface area (Å²) in [6.45, 7) is 0.190. The van der Waals surface area contributed by atoms with E-state index in [1.807, 2.05) is 17.6 Å². The molecule has 0 radical (unpaired) electrons. The fourth-order valence-corrected chi connectivity index (χ4v) is 1.53. The molecule has 2 aromatic rings. The van der Waals surface area contributed by atoms with Gasteiger partial charge in [-0.3, -0.25) is 10.2 Å². The molecule has 0 atom stereocenters. The number of rotatable bonds is 3. The molecule has 0 aliphatic heterocycles. The van der Waals surface area contributed by atoms with E-state index in [1.165, 1.54) is 17.0 Å². The fourth-order valence-electron chi connectivity index (χ4n) is 1.53. The number of nitrogens with one attached hydrogen (secondary N) is 1. The van der Waals surface area contributed by atoms with Crippen molar-refractivity contribution < 1.29 is 9.21 Å². The summed E-state index contributed by atoms with van der Waals surface area (Å²) in [5.74, 6) is 4.94. The molecule has 2 aromatic heterocycles. The largest absolute Gasteiger partial charge is 0.454 e. The Balaban J connectivity index is 2.25. The van der Waals surface area contributed by atoms with Crippen molar-refractivity contribution in [2.24, 2.45) is 5.84 Å². The standard InChI is InChI=1S/C11H8N6O2/c12-3-8-9(4-13)17(6-15-8)5-7-1-2-10(19-7)11(18)16-14/h1-2,6H,5,14H2,(H,16,18). The molecule has 0 aliphatic rings. The Kier molecular flexibility index (Phi) is 3.28. The Labute approximate surface area is 107 Å². The summed E-state index contributed by atoms with van der Waals surface area (Å²) in [5, 5.41) is 17.7. The molecule has 0 aliphatic carbocycles. The Hall–Kier alpha value is -3.10. The quantitative estimate of drug-likeness (QED) is 0.446. The van der Waals surface area contributed by atoms with Crippen LogP contribution in [0.3, 0.4) is 0 Å². The summed E-state index contributed by atoms with van der Waals surface area (Å²) in [6, 6.07) is 6.76. The highest BCUT2D eigenvalue weighted by molar-refractivity contribution is 5.90. The van der Waals surface area contributed by atoms with Crippen molar-refractivity contribution in [2.75, 3.05) is 0 Å². The number of nitrogen functional groups attached to an aromatic ring is 1. The molecule has 0 unspecified atom stereocenters. The Morgan fingerprint density at radius 2 is 2.26 bits per heavy atom. The Morgan fingerprint density at radius 3 is 2.89 bits per heavy atom. The van der Waals surface area contributed by atoms with Crippen molar-refractivity contribution in [3.8, 4) is 12.1 Å². The molecular formula is C11H8N6O2. The first-order chi connectivity index (χ1) is 9.19. The van der Waals surface area contributed by atoms with Gasteiger partial charge in [-0.1, -0.05) is 0 Å². The molecule has 0 fully saturated rings. The van der Waals surface area contributed by atoms with Crippen molar-refractivity contribution in [1.82, 2.24) is 15.0 Å². The van der Waals surface area contributed by atoms with Crippen molar-refractivity contribution in [3.63, 3.8) is 0 Å². The van der Waals surface area contributed by atoms with Crippen LogP contribution in [-0.4, -0.2) is 15.5 Å². The number of hydrogen-bond donors (Lipinski definition) is 2. The van der Waals surface area contributed by atoms with Crippen molar-refractivity contribution in [1.29, 1.82) is 10.5 Å². The van der Waals surface area contributed by atoms with Gasteiger partial charge in [0.25, 0.3) is 0 Å². The number of nitrogens with zero attached hydrogens (tertiary/aromatic N) is 4. The van der Waals surface area contributed by atoms with E-state index < -0.39 is 5.91 Å². The van der Waals surface area contributed by atoms with Crippen LogP contribution in [-0.2, 0) is 6.54 Å². The molecule has 0 bridgehead atoms. The van der Waals surface area contributed by atoms with Crippen molar-refractivity contribution in [2.45, 2.75) is 6.54 Å². The minimum atomic E-state index is -0.546. The Bertz CT molecular complexity index is 700. The van der Waals surface area contributed by atoms with E-state index in [0.29, 0.717) is 5.76 Å². The van der Waals surface area contributed by atoms with Crippen LogP contribution in [0.4, 0.5) is 0 Å². The van der Waals surface area contributed by atoms with Gasteiger partial charge in [0.05, 0.1) is 12.9 Å². The molecule has 2 heterocycles. The zero-order valence-electron chi connectivity index (χ0n) is 9.62. The number of hydrazine groups is 1. The fraction of sp³-hybridized carbons (Fsp3) is 0.0909. The lowest BCUT2D eigenvalue weighted by Gasteiger charge is -2.00. The predicted molar refractivity (Wildman–Crippen MR) is 61.1 cm³/mol. The number of amides is 1. The van der Waals surface area contributed by atoms with Crippen LogP contribution >= 0.6 is 0 Å². The summed E-state index contributed by atoms with van der Waals surface area (Å²) < 4.78 is 6.71. The number of hydrogen-bond acceptors (Lipinski definition) is 6. The average molecular weight is 256 g/mol. The first kappa shape index (κ1) is 12.4. The van der Waals surface area contributed by atoms with Crippen LogP contribution in [0.15, 0.2) is 22.9 Å². The third-order valence-corrected chi connectivity index (χ3v) is 2.39. The van der Waals surface area contributed by atoms with Crippen molar-refractivity contribution in [3.05, 3.63) is 41.4 Å². The maximum absolute atomic E-state index is 11.2. The number of carbonyl (C=O) groups excluding carboxylic acids is 1. The zero-order valence-corrected chi connectivity index (χ0v) is 9.62. The second-order valence-corrected chi connectivity index (χ2v) is 3.53. The lowest BCUT2D eigenvalue weighted by Crippen LogP contribution is -2.29. The number of nitrogens with two attached hydrogens (primary N) is 1. The molecule has 8 heteroatoms. The number of carbonyl (C=O) groups is 1. The molecule has 94 valence electrons. The van der Waals surface area contributed by atoms with E-state index in [-0.39, 0.29) is 23.7 Å². The van der Waals surface area contributed by atoms with Gasteiger partial charge in [-0.25, -0.2) is 10.8 Å². The SMILES string of the molecule is N#Cc1ncn(Cc2ccc(C(=O)NN)o2)c1C#N. The summed E-state index contributed by atoms with van der Waals surface area (Å²) in [7, 11) is 0. The number of furan rings is 1. The van der Waals surface area contributed by atoms with Crippen LogP contribution in [0.1, 0.15) is 27.7 Å². The molecular weight excluding hydrogens is 248 g/mol. The van der Waals surface area contributed by atoms with Crippen molar-refractivity contribution >= 4 is 5.91 Å². The molecule has 3 N–H and O–H groups in total. The van der Waals surface area contributed by atoms with Crippen LogP contribution in [0.25, 0.3) is 0 Å². The second-order valence-electron chi connectivity index (χ2n) is 3.53. The summed E-state index contributed by atoms with van der Waals surface area (Å²) in [5.41, 5.74) is 2.14. The van der Waals surface area contributed by atoms with Crippen LogP contribution in [0.5, 0.6) is 0 Å². The van der Waals surface area contributed by atoms with Crippen LogP contribution in [0, 0.1) is 22.7 Å². The summed E-state index contributed by atoms with van der Waals surface area (Å²) in [4.78, 5) is 15.0. The summed E-state index contributed by atoms with van der Waals surface area (Å²) >= 11 is 0. The maximum Gasteiger partial charge on any atom is 0.300 e. The average Bonchev–Trinajstić information content (AvgIpc) is 3.04. The first-order valence-electron chi connectivity index (χ1n) is 5.14. The van der Waals surface area contributed by atoms with Gasteiger partial charge in [0.15, 0.2) is 17.1 Å². The molecule has 2 rings (SSSR count). The highest BCUT2D eigenvalue weighted by Gasteiger charge is 2.13. The smallest absolute Gasteiger partial charge is 0.300 e. The molecule has 0 saturated heterocycles. The minimum Gasteiger partial charge on any atom is -0.454 e. The molecule has 19 heavy (non-hydrogen) atoms. The molecule has 8 nitrogen and oxygen atoms in total. The van der Waals surface area contributed by atoms with Gasteiger partial charge in [0, 0.05) is 0 Å². The molecule has 0 aromatic carbocycles. The highest BCUT2D eigenvalue weighted by Crippen LogP contribution is 2.12. The van der Waals surface area contributed by atoms with Gasteiger partial charge in [0.1, 0.15) is 17.9 Å². The first-order valence-corrected chi connectivity index (χ1v) is 5.14. The number of imidazole rings is 1. The lowest BCUT2D eigenvalue weighted by atomic mass is 10.3. The van der Waals surface area contributed by atoms with Gasteiger partial charge in [-0.15, -0.1) is 0 Å². The van der Waals surface area contributed by atoms with E-state index in [2.05, 4.69) is 4.98 Å². The number of aromatic nitrogens is 2. The summed E-state index contributed by atoms with van der Waals surface area (Å²) in [6.07, 6.45) is 1.36. The van der Waals surface area contributed by atoms with E-state index >= 15 is 0 Å². The third-order valence-electron chi connectivity index (χ3n) is 2.39.